The van der Waals surface area contributed by atoms with Crippen LogP contribution in [0.5, 0.6) is 5.88 Å². The van der Waals surface area contributed by atoms with E-state index in [2.05, 4.69) is 15.6 Å². The lowest BCUT2D eigenvalue weighted by Crippen LogP contribution is -2.24. The molecule has 3 heterocycles. The third kappa shape index (κ3) is 3.65. The van der Waals surface area contributed by atoms with Gasteiger partial charge in [0.1, 0.15) is 0 Å². The first-order chi connectivity index (χ1) is 11.8. The molecule has 1 amide bonds. The maximum absolute atomic E-state index is 12.0. The third-order valence-electron chi connectivity index (χ3n) is 3.48. The Bertz CT molecular complexity index is 776. The summed E-state index contributed by atoms with van der Waals surface area (Å²) in [6, 6.07) is 6.85. The van der Waals surface area contributed by atoms with Crippen molar-refractivity contribution in [3.8, 4) is 17.4 Å². The Balaban J connectivity index is 1.41. The Hall–Kier alpha value is -3.03. The third-order valence-corrected chi connectivity index (χ3v) is 3.48. The average Bonchev–Trinajstić information content (AvgIpc) is 3.33. The van der Waals surface area contributed by atoms with Crippen molar-refractivity contribution in [2.75, 3.05) is 13.7 Å². The maximum atomic E-state index is 12.0. The van der Waals surface area contributed by atoms with Gasteiger partial charge in [0.2, 0.25) is 11.6 Å². The van der Waals surface area contributed by atoms with Crippen LogP contribution in [0.4, 0.5) is 0 Å². The van der Waals surface area contributed by atoms with Crippen LogP contribution in [0, 0.1) is 0 Å². The van der Waals surface area contributed by atoms with Crippen molar-refractivity contribution in [1.29, 1.82) is 0 Å². The summed E-state index contributed by atoms with van der Waals surface area (Å²) in [7, 11) is 1.61. The van der Waals surface area contributed by atoms with Gasteiger partial charge in [0.15, 0.2) is 11.5 Å². The predicted octanol–water partition coefficient (Wildman–Crippen LogP) is 2.35. The zero-order chi connectivity index (χ0) is 16.8. The number of nitrogens with zero attached hydrogens (tertiary/aromatic N) is 3. The first-order valence-electron chi connectivity index (χ1n) is 7.62. The highest BCUT2D eigenvalue weighted by Crippen LogP contribution is 2.20. The minimum atomic E-state index is -0.270. The van der Waals surface area contributed by atoms with Gasteiger partial charge in [-0.15, -0.1) is 0 Å². The molecule has 0 radical (unpaired) electrons. The second-order valence-electron chi connectivity index (χ2n) is 5.11. The molecule has 0 saturated heterocycles. The normalized spacial score (nSPS) is 10.7. The lowest BCUT2D eigenvalue weighted by molar-refractivity contribution is 0.0944. The molecular formula is C16H18N4O4. The van der Waals surface area contributed by atoms with Gasteiger partial charge in [0.25, 0.3) is 5.91 Å². The summed E-state index contributed by atoms with van der Waals surface area (Å²) in [6.07, 6.45) is 4.92. The summed E-state index contributed by atoms with van der Waals surface area (Å²) >= 11 is 0. The summed E-state index contributed by atoms with van der Waals surface area (Å²) in [4.78, 5) is 12.0. The van der Waals surface area contributed by atoms with Gasteiger partial charge in [-0.2, -0.15) is 5.10 Å². The number of furan rings is 1. The summed E-state index contributed by atoms with van der Waals surface area (Å²) in [5, 5.41) is 10.7. The number of carbonyl (C=O) groups excluding carboxylic acids is 1. The second kappa shape index (κ2) is 7.49. The van der Waals surface area contributed by atoms with Gasteiger partial charge in [-0.25, -0.2) is 4.68 Å². The monoisotopic (exact) mass is 330 g/mol. The molecule has 0 spiro atoms. The molecule has 0 aromatic carbocycles. The molecule has 8 heteroatoms. The molecule has 0 fully saturated rings. The fourth-order valence-electron chi connectivity index (χ4n) is 2.26. The number of hydrogen-bond donors (Lipinski definition) is 1. The van der Waals surface area contributed by atoms with Crippen molar-refractivity contribution >= 4 is 5.91 Å². The predicted molar refractivity (Wildman–Crippen MR) is 84.6 cm³/mol. The molecule has 3 rings (SSSR count). The van der Waals surface area contributed by atoms with Gasteiger partial charge in [-0.3, -0.25) is 4.79 Å². The lowest BCUT2D eigenvalue weighted by atomic mass is 10.3. The number of rotatable bonds is 8. The Morgan fingerprint density at radius 2 is 2.25 bits per heavy atom. The SMILES string of the molecule is COc1ccnn1CCCCNC(=O)c1cc(-c2ccco2)on1. The topological polar surface area (TPSA) is 95.3 Å². The van der Waals surface area contributed by atoms with Gasteiger partial charge in [0, 0.05) is 25.2 Å². The molecule has 0 atom stereocenters. The van der Waals surface area contributed by atoms with E-state index in [-0.39, 0.29) is 11.6 Å². The van der Waals surface area contributed by atoms with Crippen LogP contribution in [0.3, 0.4) is 0 Å². The molecule has 0 aliphatic rings. The zero-order valence-corrected chi connectivity index (χ0v) is 13.3. The molecule has 0 bridgehead atoms. The Labute approximate surface area is 138 Å². The van der Waals surface area contributed by atoms with Crippen LogP contribution in [0.2, 0.25) is 0 Å². The number of nitrogens with one attached hydrogen (secondary N) is 1. The van der Waals surface area contributed by atoms with E-state index >= 15 is 0 Å². The first kappa shape index (κ1) is 15.9. The van der Waals surface area contributed by atoms with Crippen molar-refractivity contribution < 1.29 is 18.5 Å². The van der Waals surface area contributed by atoms with Crippen LogP contribution in [0.1, 0.15) is 23.3 Å². The second-order valence-corrected chi connectivity index (χ2v) is 5.11. The van der Waals surface area contributed by atoms with Crippen LogP contribution in [0.25, 0.3) is 11.5 Å². The molecule has 24 heavy (non-hydrogen) atoms. The van der Waals surface area contributed by atoms with Gasteiger partial charge in [-0.05, 0) is 25.0 Å². The van der Waals surface area contributed by atoms with Gasteiger partial charge in [0.05, 0.1) is 19.6 Å². The highest BCUT2D eigenvalue weighted by molar-refractivity contribution is 5.92. The minimum absolute atomic E-state index is 0.232. The first-order valence-corrected chi connectivity index (χ1v) is 7.62. The van der Waals surface area contributed by atoms with E-state index < -0.39 is 0 Å². The Morgan fingerprint density at radius 3 is 3.04 bits per heavy atom. The van der Waals surface area contributed by atoms with Crippen molar-refractivity contribution in [2.45, 2.75) is 19.4 Å². The smallest absolute Gasteiger partial charge is 0.273 e. The zero-order valence-electron chi connectivity index (χ0n) is 13.3. The molecule has 3 aromatic heterocycles. The number of carbonyl (C=O) groups is 1. The summed E-state index contributed by atoms with van der Waals surface area (Å²) < 4.78 is 17.3. The van der Waals surface area contributed by atoms with Gasteiger partial charge >= 0.3 is 0 Å². The average molecular weight is 330 g/mol. The molecule has 0 aliphatic heterocycles. The van der Waals surface area contributed by atoms with Crippen molar-refractivity contribution in [3.05, 3.63) is 42.4 Å². The molecule has 0 aliphatic carbocycles. The van der Waals surface area contributed by atoms with E-state index in [0.29, 0.717) is 18.1 Å². The summed E-state index contributed by atoms with van der Waals surface area (Å²) in [6.45, 7) is 1.28. The lowest BCUT2D eigenvalue weighted by Gasteiger charge is -2.06. The molecule has 126 valence electrons. The van der Waals surface area contributed by atoms with E-state index in [9.17, 15) is 4.79 Å². The number of hydrogen-bond acceptors (Lipinski definition) is 6. The number of aromatic nitrogens is 3. The fraction of sp³-hybridized carbons (Fsp3) is 0.312. The quantitative estimate of drug-likeness (QED) is 0.637. The van der Waals surface area contributed by atoms with E-state index in [1.165, 1.54) is 6.26 Å². The van der Waals surface area contributed by atoms with Crippen LogP contribution in [0.15, 0.2) is 45.7 Å². The molecule has 8 nitrogen and oxygen atoms in total. The van der Waals surface area contributed by atoms with E-state index in [4.69, 9.17) is 13.7 Å². The van der Waals surface area contributed by atoms with E-state index in [1.807, 2.05) is 6.07 Å². The Morgan fingerprint density at radius 1 is 1.33 bits per heavy atom. The number of unbranched alkanes of at least 4 members (excludes halogenated alkanes) is 1. The minimum Gasteiger partial charge on any atom is -0.481 e. The summed E-state index contributed by atoms with van der Waals surface area (Å²) in [5.41, 5.74) is 0.232. The molecule has 3 aromatic rings. The summed E-state index contributed by atoms with van der Waals surface area (Å²) in [5.74, 6) is 1.42. The van der Waals surface area contributed by atoms with Crippen molar-refractivity contribution in [3.63, 3.8) is 0 Å². The standard InChI is InChI=1S/C16H18N4O4/c1-22-15-6-8-18-20(15)9-3-2-7-17-16(21)12-11-14(24-19-12)13-5-4-10-23-13/h4-6,8,10-11H,2-3,7,9H2,1H3,(H,17,21). The number of aryl methyl sites for hydroxylation is 1. The molecule has 1 N–H and O–H groups in total. The van der Waals surface area contributed by atoms with Crippen LogP contribution in [-0.4, -0.2) is 34.5 Å². The van der Waals surface area contributed by atoms with Crippen molar-refractivity contribution in [1.82, 2.24) is 20.3 Å². The largest absolute Gasteiger partial charge is 0.481 e. The van der Waals surface area contributed by atoms with E-state index in [1.54, 1.807) is 36.2 Å². The highest BCUT2D eigenvalue weighted by Gasteiger charge is 2.14. The van der Waals surface area contributed by atoms with Gasteiger partial charge < -0.3 is 19.0 Å². The molecule has 0 unspecified atom stereocenters. The number of methoxy groups -OCH3 is 1. The van der Waals surface area contributed by atoms with Crippen molar-refractivity contribution in [2.24, 2.45) is 0 Å². The molecule has 0 saturated carbocycles. The van der Waals surface area contributed by atoms with Crippen LogP contribution < -0.4 is 10.1 Å². The Kier molecular flexibility index (Phi) is 4.95. The fourth-order valence-corrected chi connectivity index (χ4v) is 2.26. The number of amides is 1. The molecular weight excluding hydrogens is 312 g/mol. The van der Waals surface area contributed by atoms with Crippen LogP contribution in [-0.2, 0) is 6.54 Å². The van der Waals surface area contributed by atoms with Gasteiger partial charge in [-0.1, -0.05) is 5.16 Å². The van der Waals surface area contributed by atoms with Crippen LogP contribution >= 0.6 is 0 Å². The number of ether oxygens (including phenoxy) is 1. The maximum Gasteiger partial charge on any atom is 0.273 e. The van der Waals surface area contributed by atoms with E-state index in [0.717, 1.165) is 25.3 Å². The highest BCUT2D eigenvalue weighted by atomic mass is 16.5.